The van der Waals surface area contributed by atoms with Crippen LogP contribution in [0.15, 0.2) is 91.4 Å². The summed E-state index contributed by atoms with van der Waals surface area (Å²) in [7, 11) is 0. The summed E-state index contributed by atoms with van der Waals surface area (Å²) in [5.41, 5.74) is 4.64. The predicted octanol–water partition coefficient (Wildman–Crippen LogP) is 3.78. The smallest absolute Gasteiger partial charge is 0.245 e. The second-order valence-electron chi connectivity index (χ2n) is 21.4. The number of H-pyrrole nitrogens is 3. The van der Waals surface area contributed by atoms with Crippen LogP contribution < -0.4 is 31.9 Å². The van der Waals surface area contributed by atoms with Crippen LogP contribution in [-0.4, -0.2) is 133 Å². The van der Waals surface area contributed by atoms with E-state index in [-0.39, 0.29) is 51.1 Å². The number of aromatic nitrogens is 3. The number of hydrogen-bond donors (Lipinski definition) is 9. The average Bonchev–Trinajstić information content (AvgIpc) is 4.28. The lowest BCUT2D eigenvalue weighted by molar-refractivity contribution is -0.143. The molecule has 3 aliphatic heterocycles. The van der Waals surface area contributed by atoms with Crippen LogP contribution in [0.3, 0.4) is 0 Å². The SMILES string of the molecule is CC(C)C[C@@H]1NC(=O)[C@H](Cc2c[nH]c3ccccc23)NC(=O)[C@H](C(C)C)NC(=O)[C@H](Cc2c[nH]c3ccccc23)NC(=O)[C@@H]2CCCN2C(=O)[C@H](C)NC(=O)[C@H](Cc2c[nH]c3ccccc23)NC(=O)[C@@H]2CCCN2C1=O. The normalized spacial score (nSPS) is 25.0. The summed E-state index contributed by atoms with van der Waals surface area (Å²) in [6.45, 7) is 9.29. The molecule has 0 bridgehead atoms. The first kappa shape index (κ1) is 52.9. The Hall–Kier alpha value is -7.96. The number of amides is 8. The van der Waals surface area contributed by atoms with E-state index in [0.29, 0.717) is 19.3 Å². The van der Waals surface area contributed by atoms with E-state index in [1.807, 2.05) is 86.6 Å². The number of nitrogens with zero attached hydrogens (tertiary/aromatic N) is 2. The first-order chi connectivity index (χ1) is 36.5. The van der Waals surface area contributed by atoms with Gasteiger partial charge in [0.15, 0.2) is 0 Å². The van der Waals surface area contributed by atoms with Gasteiger partial charge in [-0.2, -0.15) is 0 Å². The van der Waals surface area contributed by atoms with Gasteiger partial charge in [0.05, 0.1) is 0 Å². The molecule has 3 aliphatic rings. The van der Waals surface area contributed by atoms with Crippen molar-refractivity contribution in [2.45, 2.75) is 134 Å². The Morgan fingerprint density at radius 1 is 0.461 bits per heavy atom. The van der Waals surface area contributed by atoms with Gasteiger partial charge in [-0.25, -0.2) is 0 Å². The lowest BCUT2D eigenvalue weighted by atomic mass is 9.98. The van der Waals surface area contributed by atoms with Crippen molar-refractivity contribution in [3.05, 3.63) is 108 Å². The summed E-state index contributed by atoms with van der Waals surface area (Å²) in [6.07, 6.45) is 7.08. The van der Waals surface area contributed by atoms with Crippen molar-refractivity contribution in [2.75, 3.05) is 13.1 Å². The molecule has 0 saturated carbocycles. The van der Waals surface area contributed by atoms with Crippen molar-refractivity contribution < 1.29 is 38.4 Å². The number of rotatable bonds is 9. The van der Waals surface area contributed by atoms with Gasteiger partial charge in [-0.1, -0.05) is 82.3 Å². The Labute approximate surface area is 440 Å². The van der Waals surface area contributed by atoms with Crippen LogP contribution in [0.5, 0.6) is 0 Å². The third kappa shape index (κ3) is 11.5. The van der Waals surface area contributed by atoms with Crippen LogP contribution in [0.25, 0.3) is 32.7 Å². The Bertz CT molecular complexity index is 3160. The molecule has 8 amide bonds. The third-order valence-electron chi connectivity index (χ3n) is 15.2. The molecule has 6 aromatic rings. The molecule has 6 heterocycles. The fourth-order valence-electron chi connectivity index (χ4n) is 11.2. The molecule has 3 fully saturated rings. The molecule has 0 radical (unpaired) electrons. The van der Waals surface area contributed by atoms with E-state index in [2.05, 4.69) is 46.9 Å². The van der Waals surface area contributed by atoms with Gasteiger partial charge in [0.1, 0.15) is 48.3 Å². The van der Waals surface area contributed by atoms with Gasteiger partial charge in [-0.15, -0.1) is 0 Å². The highest BCUT2D eigenvalue weighted by Crippen LogP contribution is 2.26. The summed E-state index contributed by atoms with van der Waals surface area (Å²) in [6, 6.07) is 13.5. The fourth-order valence-corrected chi connectivity index (χ4v) is 11.2. The fraction of sp³-hybridized carbons (Fsp3) is 0.439. The maximum atomic E-state index is 14.9. The van der Waals surface area contributed by atoms with Crippen LogP contribution >= 0.6 is 0 Å². The zero-order valence-electron chi connectivity index (χ0n) is 43.7. The summed E-state index contributed by atoms with van der Waals surface area (Å²) in [5, 5.41) is 20.0. The minimum Gasteiger partial charge on any atom is -0.361 e. The predicted molar refractivity (Wildman–Crippen MR) is 287 cm³/mol. The molecule has 3 saturated heterocycles. The van der Waals surface area contributed by atoms with Crippen molar-refractivity contribution in [3.63, 3.8) is 0 Å². The van der Waals surface area contributed by atoms with Crippen LogP contribution in [0, 0.1) is 11.8 Å². The van der Waals surface area contributed by atoms with Crippen molar-refractivity contribution in [2.24, 2.45) is 11.8 Å². The van der Waals surface area contributed by atoms with E-state index in [9.17, 15) is 38.4 Å². The summed E-state index contributed by atoms with van der Waals surface area (Å²) in [5.74, 6) is -5.40. The highest BCUT2D eigenvalue weighted by molar-refractivity contribution is 6.00. The van der Waals surface area contributed by atoms with E-state index in [1.54, 1.807) is 32.4 Å². The molecule has 0 aliphatic carbocycles. The number of nitrogens with one attached hydrogen (secondary N) is 9. The molecular weight excluding hydrogens is 967 g/mol. The van der Waals surface area contributed by atoms with Crippen LogP contribution in [0.2, 0.25) is 0 Å². The van der Waals surface area contributed by atoms with Gasteiger partial charge in [0.25, 0.3) is 0 Å². The first-order valence-electron chi connectivity index (χ1n) is 26.6. The Balaban J connectivity index is 1.08. The Kier molecular flexibility index (Phi) is 15.9. The van der Waals surface area contributed by atoms with Gasteiger partial charge in [0, 0.05) is 83.7 Å². The quantitative estimate of drug-likeness (QED) is 0.103. The summed E-state index contributed by atoms with van der Waals surface area (Å²) >= 11 is 0. The van der Waals surface area contributed by atoms with Gasteiger partial charge in [0.2, 0.25) is 47.3 Å². The molecular formula is C57H69N11O8. The highest BCUT2D eigenvalue weighted by Gasteiger charge is 2.43. The van der Waals surface area contributed by atoms with Crippen LogP contribution in [0.4, 0.5) is 0 Å². The molecule has 400 valence electrons. The number of carbonyl (C=O) groups excluding carboxylic acids is 8. The van der Waals surface area contributed by atoms with Gasteiger partial charge >= 0.3 is 0 Å². The topological polar surface area (TPSA) is 263 Å². The van der Waals surface area contributed by atoms with Crippen LogP contribution in [0.1, 0.15) is 83.4 Å². The number of para-hydroxylation sites is 3. The first-order valence-corrected chi connectivity index (χ1v) is 26.6. The minimum absolute atomic E-state index is 0.00599. The molecule has 0 spiro atoms. The van der Waals surface area contributed by atoms with E-state index >= 15 is 0 Å². The molecule has 3 aromatic carbocycles. The van der Waals surface area contributed by atoms with E-state index in [1.165, 1.54) is 16.7 Å². The summed E-state index contributed by atoms with van der Waals surface area (Å²) in [4.78, 5) is 130. The highest BCUT2D eigenvalue weighted by atomic mass is 16.2. The van der Waals surface area contributed by atoms with E-state index in [0.717, 1.165) is 49.4 Å². The molecule has 9 N–H and O–H groups in total. The molecule has 9 rings (SSSR count). The van der Waals surface area contributed by atoms with Crippen molar-refractivity contribution in [1.29, 1.82) is 0 Å². The van der Waals surface area contributed by atoms with E-state index < -0.39 is 102 Å². The molecule has 8 atom stereocenters. The Morgan fingerprint density at radius 2 is 0.842 bits per heavy atom. The number of fused-ring (bicyclic) bond motifs is 5. The number of benzene rings is 3. The Morgan fingerprint density at radius 3 is 1.28 bits per heavy atom. The number of hydrogen-bond acceptors (Lipinski definition) is 8. The lowest BCUT2D eigenvalue weighted by Gasteiger charge is -2.32. The lowest BCUT2D eigenvalue weighted by Crippen LogP contribution is -2.62. The van der Waals surface area contributed by atoms with Gasteiger partial charge in [-0.05, 0) is 85.8 Å². The third-order valence-corrected chi connectivity index (χ3v) is 15.2. The molecule has 19 heteroatoms. The minimum atomic E-state index is -1.26. The standard InChI is InChI=1S/C57H69N11O8/c1-31(2)24-46-57(76)68-23-13-21-48(68)54(73)62-43(25-34-28-58-40-17-9-6-14-37(34)40)50(69)61-33(5)56(75)67-22-12-20-47(67)53(72)63-45(27-36-30-60-42-19-11-8-16-39(36)42)52(71)66-49(32(3)4)55(74)64-44(51(70)65-46)26-35-29-59-41-18-10-7-15-38(35)41/h6-11,14-19,28-33,43-49,58-60H,12-13,20-27H2,1-5H3,(H,61,69)(H,62,73)(H,63,72)(H,64,74)(H,65,70)(H,66,71)/t33-,43-,44-,45-,46-,47-,48-,49-/m0/s1. The largest absolute Gasteiger partial charge is 0.361 e. The molecule has 3 aromatic heterocycles. The monoisotopic (exact) mass is 1040 g/mol. The zero-order chi connectivity index (χ0) is 53.8. The number of carbonyl (C=O) groups is 8. The van der Waals surface area contributed by atoms with E-state index in [4.69, 9.17) is 0 Å². The summed E-state index contributed by atoms with van der Waals surface area (Å²) < 4.78 is 0. The average molecular weight is 1040 g/mol. The van der Waals surface area contributed by atoms with Crippen molar-refractivity contribution in [3.8, 4) is 0 Å². The zero-order valence-corrected chi connectivity index (χ0v) is 43.7. The molecule has 19 nitrogen and oxygen atoms in total. The maximum Gasteiger partial charge on any atom is 0.245 e. The van der Waals surface area contributed by atoms with Crippen molar-refractivity contribution >= 4 is 80.0 Å². The van der Waals surface area contributed by atoms with Crippen LogP contribution in [-0.2, 0) is 57.6 Å². The molecule has 0 unspecified atom stereocenters. The molecule has 76 heavy (non-hydrogen) atoms. The van der Waals surface area contributed by atoms with Gasteiger partial charge in [-0.3, -0.25) is 38.4 Å². The van der Waals surface area contributed by atoms with Gasteiger partial charge < -0.3 is 56.7 Å². The maximum absolute atomic E-state index is 14.9. The number of aromatic amines is 3. The second-order valence-corrected chi connectivity index (χ2v) is 21.4. The second kappa shape index (κ2) is 22.9. The van der Waals surface area contributed by atoms with Crippen molar-refractivity contribution in [1.82, 2.24) is 56.7 Å².